The highest BCUT2D eigenvalue weighted by molar-refractivity contribution is 5.94. The minimum Gasteiger partial charge on any atom is -0.492 e. The maximum atomic E-state index is 12.7. The molecule has 21 heavy (non-hydrogen) atoms. The normalized spacial score (nSPS) is 12.9. The molecule has 0 aliphatic rings. The van der Waals surface area contributed by atoms with Crippen LogP contribution in [0.3, 0.4) is 0 Å². The third kappa shape index (κ3) is 4.93. The van der Waals surface area contributed by atoms with E-state index in [2.05, 4.69) is 10.6 Å². The van der Waals surface area contributed by atoms with Gasteiger partial charge >= 0.3 is 6.18 Å². The van der Waals surface area contributed by atoms with Crippen LogP contribution in [0.5, 0.6) is 5.75 Å². The van der Waals surface area contributed by atoms with Gasteiger partial charge < -0.3 is 15.4 Å². The van der Waals surface area contributed by atoms with Crippen LogP contribution in [0.1, 0.15) is 19.4 Å². The van der Waals surface area contributed by atoms with Crippen LogP contribution in [0, 0.1) is 5.92 Å². The number of carbonyl (C=O) groups excluding carboxylic acids is 1. The third-order valence-corrected chi connectivity index (χ3v) is 2.82. The van der Waals surface area contributed by atoms with Crippen LogP contribution in [-0.4, -0.2) is 26.1 Å². The first-order valence-corrected chi connectivity index (χ1v) is 6.59. The number of rotatable bonds is 6. The molecule has 0 aromatic heterocycles. The second-order valence-electron chi connectivity index (χ2n) is 4.59. The second-order valence-corrected chi connectivity index (χ2v) is 4.59. The van der Waals surface area contributed by atoms with E-state index in [0.717, 1.165) is 12.1 Å². The Kier molecular flexibility index (Phi) is 6.02. The zero-order valence-electron chi connectivity index (χ0n) is 12.2. The molecule has 1 aromatic rings. The van der Waals surface area contributed by atoms with Gasteiger partial charge in [0, 0.05) is 12.5 Å². The Bertz CT molecular complexity index is 490. The SMILES string of the molecule is CCOc1ccc(C(F)(F)F)cc1NC(=O)C(C)CNC. The average molecular weight is 304 g/mol. The van der Waals surface area contributed by atoms with Crippen molar-refractivity contribution in [1.82, 2.24) is 5.32 Å². The highest BCUT2D eigenvalue weighted by Gasteiger charge is 2.31. The zero-order chi connectivity index (χ0) is 16.0. The number of halogens is 3. The summed E-state index contributed by atoms with van der Waals surface area (Å²) in [6, 6.07) is 3.03. The smallest absolute Gasteiger partial charge is 0.416 e. The van der Waals surface area contributed by atoms with Crippen molar-refractivity contribution >= 4 is 11.6 Å². The molecular formula is C14H19F3N2O2. The van der Waals surface area contributed by atoms with Crippen LogP contribution < -0.4 is 15.4 Å². The molecular weight excluding hydrogens is 285 g/mol. The number of hydrogen-bond acceptors (Lipinski definition) is 3. The fourth-order valence-corrected chi connectivity index (χ4v) is 1.74. The van der Waals surface area contributed by atoms with Crippen molar-refractivity contribution in [2.75, 3.05) is 25.5 Å². The molecule has 0 heterocycles. The first-order valence-electron chi connectivity index (χ1n) is 6.59. The van der Waals surface area contributed by atoms with Gasteiger partial charge in [0.05, 0.1) is 17.9 Å². The molecule has 2 N–H and O–H groups in total. The minimum atomic E-state index is -4.47. The Labute approximate surface area is 121 Å². The number of carbonyl (C=O) groups is 1. The van der Waals surface area contributed by atoms with Gasteiger partial charge in [0.25, 0.3) is 0 Å². The standard InChI is InChI=1S/C14H19F3N2O2/c1-4-21-12-6-5-10(14(15,16)17)7-11(12)19-13(20)9(2)8-18-3/h5-7,9,18H,4,8H2,1-3H3,(H,19,20). The molecule has 4 nitrogen and oxygen atoms in total. The molecule has 0 saturated heterocycles. The lowest BCUT2D eigenvalue weighted by Gasteiger charge is -2.16. The molecule has 1 unspecified atom stereocenters. The lowest BCUT2D eigenvalue weighted by molar-refractivity contribution is -0.137. The summed E-state index contributed by atoms with van der Waals surface area (Å²) in [7, 11) is 1.69. The van der Waals surface area contributed by atoms with Gasteiger partial charge in [0.15, 0.2) is 0 Å². The Hall–Kier alpha value is -1.76. The van der Waals surface area contributed by atoms with Crippen LogP contribution >= 0.6 is 0 Å². The molecule has 1 atom stereocenters. The molecule has 0 bridgehead atoms. The Morgan fingerprint density at radius 2 is 2.05 bits per heavy atom. The predicted molar refractivity (Wildman–Crippen MR) is 74.3 cm³/mol. The highest BCUT2D eigenvalue weighted by atomic mass is 19.4. The maximum absolute atomic E-state index is 12.7. The molecule has 1 rings (SSSR count). The Morgan fingerprint density at radius 3 is 2.57 bits per heavy atom. The van der Waals surface area contributed by atoms with E-state index in [0.29, 0.717) is 13.2 Å². The summed E-state index contributed by atoms with van der Waals surface area (Å²) in [5, 5.41) is 5.33. The van der Waals surface area contributed by atoms with Gasteiger partial charge in [-0.25, -0.2) is 0 Å². The number of hydrogen-bond donors (Lipinski definition) is 2. The lowest BCUT2D eigenvalue weighted by atomic mass is 10.1. The summed E-state index contributed by atoms with van der Waals surface area (Å²) in [5.41, 5.74) is -0.804. The fourth-order valence-electron chi connectivity index (χ4n) is 1.74. The van der Waals surface area contributed by atoms with Crippen LogP contribution in [-0.2, 0) is 11.0 Å². The molecule has 0 aliphatic carbocycles. The molecule has 0 spiro atoms. The second kappa shape index (κ2) is 7.31. The molecule has 118 valence electrons. The van der Waals surface area contributed by atoms with Crippen LogP contribution in [0.4, 0.5) is 18.9 Å². The van der Waals surface area contributed by atoms with Crippen molar-refractivity contribution in [3.63, 3.8) is 0 Å². The first kappa shape index (κ1) is 17.3. The molecule has 0 saturated carbocycles. The molecule has 1 amide bonds. The van der Waals surface area contributed by atoms with Gasteiger partial charge in [-0.15, -0.1) is 0 Å². The van der Waals surface area contributed by atoms with Gasteiger partial charge in [0.1, 0.15) is 5.75 Å². The van der Waals surface area contributed by atoms with Crippen molar-refractivity contribution in [1.29, 1.82) is 0 Å². The monoisotopic (exact) mass is 304 g/mol. The van der Waals surface area contributed by atoms with Crippen molar-refractivity contribution in [3.8, 4) is 5.75 Å². The zero-order valence-corrected chi connectivity index (χ0v) is 12.2. The molecule has 7 heteroatoms. The van der Waals surface area contributed by atoms with E-state index in [9.17, 15) is 18.0 Å². The van der Waals surface area contributed by atoms with Gasteiger partial charge in [0.2, 0.25) is 5.91 Å². The number of alkyl halides is 3. The average Bonchev–Trinajstić information content (AvgIpc) is 2.40. The van der Waals surface area contributed by atoms with E-state index in [-0.39, 0.29) is 23.3 Å². The van der Waals surface area contributed by atoms with Crippen molar-refractivity contribution < 1.29 is 22.7 Å². The van der Waals surface area contributed by atoms with E-state index < -0.39 is 11.7 Å². The Morgan fingerprint density at radius 1 is 1.38 bits per heavy atom. The van der Waals surface area contributed by atoms with E-state index in [1.807, 2.05) is 0 Å². The summed E-state index contributed by atoms with van der Waals surface area (Å²) in [6.45, 7) is 4.11. The van der Waals surface area contributed by atoms with Crippen LogP contribution in [0.15, 0.2) is 18.2 Å². The quantitative estimate of drug-likeness (QED) is 0.849. The van der Waals surface area contributed by atoms with E-state index in [1.54, 1.807) is 20.9 Å². The van der Waals surface area contributed by atoms with Crippen LogP contribution in [0.25, 0.3) is 0 Å². The highest BCUT2D eigenvalue weighted by Crippen LogP contribution is 2.35. The van der Waals surface area contributed by atoms with E-state index in [4.69, 9.17) is 4.74 Å². The summed E-state index contributed by atoms with van der Waals surface area (Å²) >= 11 is 0. The predicted octanol–water partition coefficient (Wildman–Crippen LogP) is 2.90. The number of anilines is 1. The molecule has 0 aliphatic heterocycles. The summed E-state index contributed by atoms with van der Waals surface area (Å²) in [4.78, 5) is 11.9. The van der Waals surface area contributed by atoms with Crippen molar-refractivity contribution in [2.24, 2.45) is 5.92 Å². The van der Waals surface area contributed by atoms with Gasteiger partial charge in [-0.2, -0.15) is 13.2 Å². The topological polar surface area (TPSA) is 50.4 Å². The summed E-state index contributed by atoms with van der Waals surface area (Å²) < 4.78 is 43.5. The molecule has 0 radical (unpaired) electrons. The minimum absolute atomic E-state index is 0.0274. The third-order valence-electron chi connectivity index (χ3n) is 2.82. The Balaban J connectivity index is 3.03. The summed E-state index contributed by atoms with van der Waals surface area (Å²) in [6.07, 6.45) is -4.47. The molecule has 1 aromatic carbocycles. The number of nitrogens with one attached hydrogen (secondary N) is 2. The van der Waals surface area contributed by atoms with Gasteiger partial charge in [-0.05, 0) is 32.2 Å². The van der Waals surface area contributed by atoms with Crippen molar-refractivity contribution in [3.05, 3.63) is 23.8 Å². The number of amides is 1. The first-order chi connectivity index (χ1) is 9.79. The van der Waals surface area contributed by atoms with Gasteiger partial charge in [-0.3, -0.25) is 4.79 Å². The maximum Gasteiger partial charge on any atom is 0.416 e. The lowest BCUT2D eigenvalue weighted by Crippen LogP contribution is -2.28. The van der Waals surface area contributed by atoms with Crippen LogP contribution in [0.2, 0.25) is 0 Å². The molecule has 0 fully saturated rings. The van der Waals surface area contributed by atoms with Gasteiger partial charge in [-0.1, -0.05) is 6.92 Å². The fraction of sp³-hybridized carbons (Fsp3) is 0.500. The van der Waals surface area contributed by atoms with Crippen molar-refractivity contribution in [2.45, 2.75) is 20.0 Å². The largest absolute Gasteiger partial charge is 0.492 e. The number of ether oxygens (including phenoxy) is 1. The van der Waals surface area contributed by atoms with E-state index >= 15 is 0 Å². The van der Waals surface area contributed by atoms with E-state index in [1.165, 1.54) is 6.07 Å². The summed E-state index contributed by atoms with van der Waals surface area (Å²) in [5.74, 6) is -0.529. The number of benzene rings is 1.